The summed E-state index contributed by atoms with van der Waals surface area (Å²) in [5.41, 5.74) is 4.12. The molecule has 1 aliphatic rings. The van der Waals surface area contributed by atoms with Crippen molar-refractivity contribution in [2.45, 2.75) is 27.3 Å². The van der Waals surface area contributed by atoms with Gasteiger partial charge in [-0.2, -0.15) is 0 Å². The predicted octanol–water partition coefficient (Wildman–Crippen LogP) is 7.21. The van der Waals surface area contributed by atoms with E-state index in [2.05, 4.69) is 27.9 Å². The van der Waals surface area contributed by atoms with Crippen molar-refractivity contribution in [2.24, 2.45) is 0 Å². The lowest BCUT2D eigenvalue weighted by Gasteiger charge is -2.15. The van der Waals surface area contributed by atoms with Crippen LogP contribution in [0.25, 0.3) is 6.08 Å². The maximum absolute atomic E-state index is 13.0. The van der Waals surface area contributed by atoms with E-state index >= 15 is 0 Å². The van der Waals surface area contributed by atoms with Crippen LogP contribution in [0.15, 0.2) is 59.5 Å². The Bertz CT molecular complexity index is 1480. The first kappa shape index (κ1) is 29.0. The van der Waals surface area contributed by atoms with Crippen LogP contribution in [0, 0.1) is 17.4 Å². The number of hydrogen-bond acceptors (Lipinski definition) is 6. The number of benzene rings is 3. The van der Waals surface area contributed by atoms with Crippen LogP contribution in [-0.4, -0.2) is 35.2 Å². The number of halogens is 2. The molecule has 0 aromatic heterocycles. The number of nitrogens with zero attached hydrogens (tertiary/aromatic N) is 1. The van der Waals surface area contributed by atoms with Crippen molar-refractivity contribution in [3.05, 3.63) is 90.3 Å². The van der Waals surface area contributed by atoms with Gasteiger partial charge in [0.25, 0.3) is 17.1 Å². The number of hydrogen-bond donors (Lipinski definition) is 1. The summed E-state index contributed by atoms with van der Waals surface area (Å²) in [4.78, 5) is 39.7. The van der Waals surface area contributed by atoms with Crippen LogP contribution in [0.3, 0.4) is 0 Å². The first-order valence-electron chi connectivity index (χ1n) is 12.1. The number of thioether (sulfide) groups is 1. The molecule has 0 radical (unpaired) electrons. The highest BCUT2D eigenvalue weighted by atomic mass is 127. The number of carbonyl (C=O) groups excluding carboxylic acids is 3. The van der Waals surface area contributed by atoms with E-state index in [1.807, 2.05) is 57.2 Å². The fourth-order valence-electron chi connectivity index (χ4n) is 3.86. The Morgan fingerprint density at radius 2 is 1.90 bits per heavy atom. The molecular weight excluding hydrogens is 651 g/mol. The van der Waals surface area contributed by atoms with E-state index in [0.717, 1.165) is 28.5 Å². The summed E-state index contributed by atoms with van der Waals surface area (Å²) in [6.45, 7) is 6.04. The van der Waals surface area contributed by atoms with Gasteiger partial charge in [-0.3, -0.25) is 19.3 Å². The van der Waals surface area contributed by atoms with Crippen molar-refractivity contribution in [1.82, 2.24) is 4.90 Å². The van der Waals surface area contributed by atoms with E-state index in [-0.39, 0.29) is 30.2 Å². The van der Waals surface area contributed by atoms with Gasteiger partial charge in [-0.05, 0) is 102 Å². The van der Waals surface area contributed by atoms with Crippen LogP contribution in [0.1, 0.15) is 29.2 Å². The average Bonchev–Trinajstić information content (AvgIpc) is 3.13. The summed E-state index contributed by atoms with van der Waals surface area (Å²) in [6, 6.07) is 16.5. The van der Waals surface area contributed by atoms with Gasteiger partial charge in [0.1, 0.15) is 0 Å². The van der Waals surface area contributed by atoms with Gasteiger partial charge < -0.3 is 14.8 Å². The molecule has 3 aromatic carbocycles. The van der Waals surface area contributed by atoms with Crippen molar-refractivity contribution < 1.29 is 23.9 Å². The summed E-state index contributed by atoms with van der Waals surface area (Å²) in [7, 11) is 0. The van der Waals surface area contributed by atoms with E-state index in [9.17, 15) is 14.4 Å². The largest absolute Gasteiger partial charge is 0.490 e. The third-order valence-corrected chi connectivity index (χ3v) is 7.85. The molecule has 3 amide bonds. The molecule has 0 unspecified atom stereocenters. The molecule has 1 aliphatic heterocycles. The van der Waals surface area contributed by atoms with E-state index in [1.165, 1.54) is 4.90 Å². The lowest BCUT2D eigenvalue weighted by molar-refractivity contribution is -0.123. The van der Waals surface area contributed by atoms with Crippen LogP contribution < -0.4 is 14.8 Å². The second-order valence-corrected chi connectivity index (χ2v) is 11.4. The SMILES string of the molecule is CCOc1cc(/C=C2\SC(=O)N(Cc3cccc(C)c3)C2=O)cc(I)c1OCC(=O)Nc1ccc(C)c(Cl)c1. The lowest BCUT2D eigenvalue weighted by Crippen LogP contribution is -2.27. The van der Waals surface area contributed by atoms with Gasteiger partial charge in [0, 0.05) is 10.7 Å². The quantitative estimate of drug-likeness (QED) is 0.191. The van der Waals surface area contributed by atoms with E-state index in [4.69, 9.17) is 21.1 Å². The van der Waals surface area contributed by atoms with Gasteiger partial charge in [-0.1, -0.05) is 47.5 Å². The molecular formula is C29H26ClIN2O5S. The van der Waals surface area contributed by atoms with Crippen LogP contribution in [0.5, 0.6) is 11.5 Å². The van der Waals surface area contributed by atoms with Gasteiger partial charge in [-0.15, -0.1) is 0 Å². The number of amides is 3. The van der Waals surface area contributed by atoms with Crippen LogP contribution in [-0.2, 0) is 16.1 Å². The smallest absolute Gasteiger partial charge is 0.293 e. The molecule has 7 nitrogen and oxygen atoms in total. The number of rotatable bonds is 9. The molecule has 1 saturated heterocycles. The summed E-state index contributed by atoms with van der Waals surface area (Å²) in [5, 5.41) is 3.02. The second kappa shape index (κ2) is 12.9. The Morgan fingerprint density at radius 1 is 1.10 bits per heavy atom. The zero-order chi connectivity index (χ0) is 28.1. The van der Waals surface area contributed by atoms with Crippen LogP contribution in [0.2, 0.25) is 5.02 Å². The van der Waals surface area contributed by atoms with Crippen LogP contribution in [0.4, 0.5) is 10.5 Å². The Balaban J connectivity index is 1.48. The molecule has 3 aromatic rings. The second-order valence-electron chi connectivity index (χ2n) is 8.82. The third-order valence-electron chi connectivity index (χ3n) is 5.73. The fraction of sp³-hybridized carbons (Fsp3) is 0.207. The maximum Gasteiger partial charge on any atom is 0.293 e. The molecule has 4 rings (SSSR count). The molecule has 0 aliphatic carbocycles. The number of ether oxygens (including phenoxy) is 2. The van der Waals surface area contributed by atoms with Gasteiger partial charge >= 0.3 is 0 Å². The zero-order valence-electron chi connectivity index (χ0n) is 21.5. The van der Waals surface area contributed by atoms with Crippen molar-refractivity contribution in [1.29, 1.82) is 0 Å². The predicted molar refractivity (Wildman–Crippen MR) is 163 cm³/mol. The van der Waals surface area contributed by atoms with Gasteiger partial charge in [0.15, 0.2) is 18.1 Å². The summed E-state index contributed by atoms with van der Waals surface area (Å²) >= 11 is 9.14. The van der Waals surface area contributed by atoms with E-state index < -0.39 is 0 Å². The highest BCUT2D eigenvalue weighted by molar-refractivity contribution is 14.1. The first-order valence-corrected chi connectivity index (χ1v) is 14.4. The minimum absolute atomic E-state index is 0.217. The molecule has 0 spiro atoms. The number of aryl methyl sites for hydroxylation is 2. The van der Waals surface area contributed by atoms with E-state index in [1.54, 1.807) is 24.3 Å². The van der Waals surface area contributed by atoms with Crippen molar-refractivity contribution >= 4 is 74.8 Å². The highest BCUT2D eigenvalue weighted by Crippen LogP contribution is 2.38. The number of anilines is 1. The van der Waals surface area contributed by atoms with Crippen molar-refractivity contribution in [3.63, 3.8) is 0 Å². The van der Waals surface area contributed by atoms with Gasteiger partial charge in [0.05, 0.1) is 21.6 Å². The number of nitrogens with one attached hydrogen (secondary N) is 1. The molecule has 0 bridgehead atoms. The van der Waals surface area contributed by atoms with Gasteiger partial charge in [-0.25, -0.2) is 0 Å². The zero-order valence-corrected chi connectivity index (χ0v) is 25.3. The highest BCUT2D eigenvalue weighted by Gasteiger charge is 2.35. The first-order chi connectivity index (χ1) is 18.6. The van der Waals surface area contributed by atoms with Crippen LogP contribution >= 0.6 is 46.0 Å². The maximum atomic E-state index is 13.0. The fourth-order valence-corrected chi connectivity index (χ4v) is 5.66. The van der Waals surface area contributed by atoms with Crippen molar-refractivity contribution in [2.75, 3.05) is 18.5 Å². The summed E-state index contributed by atoms with van der Waals surface area (Å²) in [6.07, 6.45) is 1.67. The Hall–Kier alpha value is -3.02. The molecule has 10 heteroatoms. The Labute approximate surface area is 250 Å². The molecule has 39 heavy (non-hydrogen) atoms. The summed E-state index contributed by atoms with van der Waals surface area (Å²) < 4.78 is 12.3. The Morgan fingerprint density at radius 3 is 2.62 bits per heavy atom. The molecule has 202 valence electrons. The van der Waals surface area contributed by atoms with Crippen molar-refractivity contribution in [3.8, 4) is 11.5 Å². The topological polar surface area (TPSA) is 84.9 Å². The third kappa shape index (κ3) is 7.34. The average molecular weight is 677 g/mol. The normalized spacial score (nSPS) is 14.2. The molecule has 1 heterocycles. The standard InChI is InChI=1S/C29H26ClIN2O5S/c1-4-37-24-12-20(13-25-28(35)33(29(36)39-25)15-19-7-5-6-17(2)10-19)11-23(31)27(24)38-16-26(34)32-21-9-8-18(3)22(30)14-21/h5-14H,4,15-16H2,1-3H3,(H,32,34)/b25-13-. The monoisotopic (exact) mass is 676 g/mol. The van der Waals surface area contributed by atoms with Gasteiger partial charge in [0.2, 0.25) is 0 Å². The summed E-state index contributed by atoms with van der Waals surface area (Å²) in [5.74, 6) is 0.160. The number of carbonyl (C=O) groups is 3. The molecule has 0 saturated carbocycles. The Kier molecular flexibility index (Phi) is 9.58. The number of imide groups is 1. The molecule has 1 fully saturated rings. The minimum Gasteiger partial charge on any atom is -0.490 e. The molecule has 1 N–H and O–H groups in total. The minimum atomic E-state index is -0.348. The van der Waals surface area contributed by atoms with E-state index in [0.29, 0.717) is 42.9 Å². The molecule has 0 atom stereocenters. The lowest BCUT2D eigenvalue weighted by atomic mass is 10.1.